The first-order chi connectivity index (χ1) is 15.4. The Bertz CT molecular complexity index is 1220. The third kappa shape index (κ3) is 5.13. The maximum absolute atomic E-state index is 13.1. The molecule has 0 bridgehead atoms. The van der Waals surface area contributed by atoms with Crippen molar-refractivity contribution >= 4 is 17.7 Å². The number of carbonyl (C=O) groups excluding carboxylic acids is 1. The second-order valence-corrected chi connectivity index (χ2v) is 7.48. The average Bonchev–Trinajstić information content (AvgIpc) is 3.19. The predicted octanol–water partition coefficient (Wildman–Crippen LogP) is 4.01. The molecule has 0 atom stereocenters. The minimum atomic E-state index is -4.56. The van der Waals surface area contributed by atoms with E-state index in [1.807, 2.05) is 0 Å². The molecule has 0 saturated heterocycles. The number of carbonyl (C=O) groups is 1. The SMILES string of the molecule is CCOc1cc(-c2cnc(NC(=O)Nc3cc(C(C)(C)C(F)(F)F)on3)c(C)n2)c[nH]c1=O. The Hall–Kier alpha value is -3.90. The summed E-state index contributed by atoms with van der Waals surface area (Å²) in [6.07, 6.45) is -1.72. The highest BCUT2D eigenvalue weighted by Crippen LogP contribution is 2.41. The number of nitrogens with zero attached hydrogens (tertiary/aromatic N) is 3. The van der Waals surface area contributed by atoms with Crippen LogP contribution in [0.4, 0.5) is 29.6 Å². The number of hydrogen-bond acceptors (Lipinski definition) is 7. The van der Waals surface area contributed by atoms with E-state index < -0.39 is 23.4 Å². The summed E-state index contributed by atoms with van der Waals surface area (Å²) in [7, 11) is 0. The van der Waals surface area contributed by atoms with E-state index in [2.05, 4.69) is 30.7 Å². The lowest BCUT2D eigenvalue weighted by Gasteiger charge is -2.24. The van der Waals surface area contributed by atoms with E-state index in [-0.39, 0.29) is 22.9 Å². The minimum Gasteiger partial charge on any atom is -0.488 e. The van der Waals surface area contributed by atoms with Gasteiger partial charge in [0.2, 0.25) is 0 Å². The molecular formula is C20H21F3N6O4. The van der Waals surface area contributed by atoms with E-state index >= 15 is 0 Å². The van der Waals surface area contributed by atoms with Gasteiger partial charge >= 0.3 is 12.2 Å². The van der Waals surface area contributed by atoms with Gasteiger partial charge in [0, 0.05) is 17.8 Å². The van der Waals surface area contributed by atoms with Gasteiger partial charge < -0.3 is 14.2 Å². The summed E-state index contributed by atoms with van der Waals surface area (Å²) in [6, 6.07) is 1.73. The normalized spacial score (nSPS) is 11.8. The predicted molar refractivity (Wildman–Crippen MR) is 112 cm³/mol. The van der Waals surface area contributed by atoms with Gasteiger partial charge in [0.05, 0.1) is 24.2 Å². The number of amides is 2. The first-order valence-electron chi connectivity index (χ1n) is 9.74. The molecule has 2 amide bonds. The van der Waals surface area contributed by atoms with E-state index in [1.165, 1.54) is 18.5 Å². The van der Waals surface area contributed by atoms with Crippen LogP contribution in [0.1, 0.15) is 32.2 Å². The summed E-state index contributed by atoms with van der Waals surface area (Å²) >= 11 is 0. The number of ether oxygens (including phenoxy) is 1. The Morgan fingerprint density at radius 2 is 1.97 bits per heavy atom. The van der Waals surface area contributed by atoms with Gasteiger partial charge in [-0.25, -0.2) is 14.8 Å². The van der Waals surface area contributed by atoms with Gasteiger partial charge in [-0.1, -0.05) is 5.16 Å². The second kappa shape index (κ2) is 8.92. The summed E-state index contributed by atoms with van der Waals surface area (Å²) in [5.74, 6) is -0.390. The van der Waals surface area contributed by atoms with Crippen LogP contribution in [-0.4, -0.2) is 38.9 Å². The molecule has 13 heteroatoms. The number of rotatable bonds is 6. The molecule has 0 aliphatic carbocycles. The highest BCUT2D eigenvalue weighted by molar-refractivity contribution is 5.98. The fraction of sp³-hybridized carbons (Fsp3) is 0.350. The maximum Gasteiger partial charge on any atom is 0.401 e. The Morgan fingerprint density at radius 3 is 2.61 bits per heavy atom. The molecule has 10 nitrogen and oxygen atoms in total. The van der Waals surface area contributed by atoms with E-state index in [1.54, 1.807) is 13.8 Å². The molecule has 176 valence electrons. The number of nitrogens with one attached hydrogen (secondary N) is 3. The van der Waals surface area contributed by atoms with Crippen LogP contribution >= 0.6 is 0 Å². The van der Waals surface area contributed by atoms with Gasteiger partial charge in [-0.3, -0.25) is 15.4 Å². The number of H-pyrrole nitrogens is 1. The average molecular weight is 466 g/mol. The molecule has 3 heterocycles. The van der Waals surface area contributed by atoms with Gasteiger partial charge in [-0.05, 0) is 33.8 Å². The molecule has 0 fully saturated rings. The molecule has 0 aliphatic heterocycles. The van der Waals surface area contributed by atoms with Gasteiger partial charge in [0.1, 0.15) is 5.41 Å². The van der Waals surface area contributed by atoms with Crippen LogP contribution in [0.25, 0.3) is 11.3 Å². The molecular weight excluding hydrogens is 445 g/mol. The first kappa shape index (κ1) is 23.8. The third-order valence-corrected chi connectivity index (χ3v) is 4.72. The lowest BCUT2D eigenvalue weighted by molar-refractivity contribution is -0.185. The molecule has 3 N–H and O–H groups in total. The zero-order valence-corrected chi connectivity index (χ0v) is 18.1. The van der Waals surface area contributed by atoms with Crippen LogP contribution in [0.3, 0.4) is 0 Å². The summed E-state index contributed by atoms with van der Waals surface area (Å²) < 4.78 is 49.4. The molecule has 0 radical (unpaired) electrons. The fourth-order valence-corrected chi connectivity index (χ4v) is 2.64. The summed E-state index contributed by atoms with van der Waals surface area (Å²) in [5.41, 5.74) is -1.34. The number of anilines is 2. The van der Waals surface area contributed by atoms with Gasteiger partial charge in [0.15, 0.2) is 23.1 Å². The molecule has 3 rings (SSSR count). The number of aromatic nitrogens is 4. The number of hydrogen-bond donors (Lipinski definition) is 3. The molecule has 0 aromatic carbocycles. The zero-order valence-electron chi connectivity index (χ0n) is 18.1. The van der Waals surface area contributed by atoms with Crippen molar-refractivity contribution in [3.8, 4) is 17.0 Å². The van der Waals surface area contributed by atoms with Crippen molar-refractivity contribution in [3.05, 3.63) is 46.3 Å². The van der Waals surface area contributed by atoms with Crippen LogP contribution in [-0.2, 0) is 5.41 Å². The maximum atomic E-state index is 13.1. The van der Waals surface area contributed by atoms with Crippen molar-refractivity contribution < 1.29 is 27.2 Å². The molecule has 0 saturated carbocycles. The number of alkyl halides is 3. The second-order valence-electron chi connectivity index (χ2n) is 7.48. The van der Waals surface area contributed by atoms with Crippen molar-refractivity contribution in [3.63, 3.8) is 0 Å². The largest absolute Gasteiger partial charge is 0.488 e. The van der Waals surface area contributed by atoms with E-state index in [0.717, 1.165) is 19.9 Å². The lowest BCUT2D eigenvalue weighted by Crippen LogP contribution is -2.35. The Morgan fingerprint density at radius 1 is 1.24 bits per heavy atom. The smallest absolute Gasteiger partial charge is 0.401 e. The first-order valence-corrected chi connectivity index (χ1v) is 9.74. The zero-order chi connectivity index (χ0) is 24.4. The van der Waals surface area contributed by atoms with Crippen molar-refractivity contribution in [2.75, 3.05) is 17.2 Å². The quantitative estimate of drug-likeness (QED) is 0.499. The molecule has 0 spiro atoms. The van der Waals surface area contributed by atoms with Crippen molar-refractivity contribution in [2.45, 2.75) is 39.3 Å². The number of urea groups is 1. The highest BCUT2D eigenvalue weighted by atomic mass is 19.4. The van der Waals surface area contributed by atoms with Crippen molar-refractivity contribution in [1.29, 1.82) is 0 Å². The molecule has 3 aromatic rings. The molecule has 0 aliphatic rings. The Kier molecular flexibility index (Phi) is 6.42. The van der Waals surface area contributed by atoms with Gasteiger partial charge in [-0.15, -0.1) is 0 Å². The van der Waals surface area contributed by atoms with E-state index in [9.17, 15) is 22.8 Å². The van der Waals surface area contributed by atoms with E-state index in [4.69, 9.17) is 9.26 Å². The van der Waals surface area contributed by atoms with Gasteiger partial charge in [0.25, 0.3) is 5.56 Å². The standard InChI is InChI=1S/C20H21F3N6O4/c1-5-32-13-6-11(8-25-17(13)30)12-9-24-16(10(2)26-12)28-18(31)27-15-7-14(33-29-15)19(3,4)20(21,22)23/h6-9H,5H2,1-4H3,(H,25,30)(H2,24,27,28,29,31). The van der Waals surface area contributed by atoms with E-state index in [0.29, 0.717) is 23.6 Å². The summed E-state index contributed by atoms with van der Waals surface area (Å²) in [4.78, 5) is 35.1. The summed E-state index contributed by atoms with van der Waals surface area (Å²) in [6.45, 7) is 5.55. The summed E-state index contributed by atoms with van der Waals surface area (Å²) in [5, 5.41) is 8.20. The molecule has 0 unspecified atom stereocenters. The van der Waals surface area contributed by atoms with Crippen LogP contribution < -0.4 is 20.9 Å². The van der Waals surface area contributed by atoms with Crippen LogP contribution in [0.5, 0.6) is 5.75 Å². The van der Waals surface area contributed by atoms with Gasteiger partial charge in [-0.2, -0.15) is 13.2 Å². The number of aromatic amines is 1. The van der Waals surface area contributed by atoms with Crippen molar-refractivity contribution in [1.82, 2.24) is 20.1 Å². The highest BCUT2D eigenvalue weighted by Gasteiger charge is 2.51. The minimum absolute atomic E-state index is 0.116. The van der Waals surface area contributed by atoms with Crippen LogP contribution in [0.2, 0.25) is 0 Å². The number of pyridine rings is 1. The molecule has 33 heavy (non-hydrogen) atoms. The topological polar surface area (TPSA) is 135 Å². The van der Waals surface area contributed by atoms with Crippen LogP contribution in [0.15, 0.2) is 33.8 Å². The fourth-order valence-electron chi connectivity index (χ4n) is 2.64. The Balaban J connectivity index is 1.72. The monoisotopic (exact) mass is 466 g/mol. The Labute approximate surface area is 185 Å². The number of aryl methyl sites for hydroxylation is 1. The van der Waals surface area contributed by atoms with Crippen LogP contribution in [0, 0.1) is 6.92 Å². The van der Waals surface area contributed by atoms with Crippen molar-refractivity contribution in [2.24, 2.45) is 0 Å². The molecule has 3 aromatic heterocycles. The lowest BCUT2D eigenvalue weighted by atomic mass is 9.89. The third-order valence-electron chi connectivity index (χ3n) is 4.72. The number of halogens is 3.